The molecule has 1 unspecified atom stereocenters. The molecule has 0 amide bonds. The summed E-state index contributed by atoms with van der Waals surface area (Å²) in [6.45, 7) is 5.78. The number of alkyl halides is 1. The minimum absolute atomic E-state index is 0. The van der Waals surface area contributed by atoms with Gasteiger partial charge in [0.25, 0.3) is 0 Å². The second kappa shape index (κ2) is 9.44. The van der Waals surface area contributed by atoms with Gasteiger partial charge in [-0.15, -0.1) is 11.6 Å². The molecule has 0 aliphatic heterocycles. The summed E-state index contributed by atoms with van der Waals surface area (Å²) in [5, 5.41) is 9.49. The second-order valence-corrected chi connectivity index (χ2v) is 5.20. The third kappa shape index (κ3) is 10.5. The summed E-state index contributed by atoms with van der Waals surface area (Å²) in [4.78, 5) is 0. The van der Waals surface area contributed by atoms with Crippen LogP contribution in [0.3, 0.4) is 0 Å². The standard InChI is InChI=1S/C12H25ClO.H3N/c1-4-5-6-7-8-9-10-11(13)12(2,3)14;/h11,14H,4-10H2,1-3H3;1H3. The fourth-order valence-corrected chi connectivity index (χ4v) is 1.61. The maximum atomic E-state index is 9.59. The van der Waals surface area contributed by atoms with Crippen molar-refractivity contribution in [1.29, 1.82) is 0 Å². The van der Waals surface area contributed by atoms with Gasteiger partial charge >= 0.3 is 0 Å². The Balaban J connectivity index is 0. The summed E-state index contributed by atoms with van der Waals surface area (Å²) in [6.07, 6.45) is 8.60. The van der Waals surface area contributed by atoms with Crippen LogP contribution in [0.15, 0.2) is 0 Å². The van der Waals surface area contributed by atoms with Gasteiger partial charge in [-0.25, -0.2) is 0 Å². The van der Waals surface area contributed by atoms with Gasteiger partial charge in [-0.1, -0.05) is 45.4 Å². The number of hydrogen-bond donors (Lipinski definition) is 2. The molecule has 4 N–H and O–H groups in total. The zero-order valence-electron chi connectivity index (χ0n) is 10.6. The molecule has 0 saturated carbocycles. The van der Waals surface area contributed by atoms with Crippen LogP contribution in [0.25, 0.3) is 0 Å². The van der Waals surface area contributed by atoms with Crippen LogP contribution in [0.4, 0.5) is 0 Å². The van der Waals surface area contributed by atoms with Gasteiger partial charge < -0.3 is 11.3 Å². The first-order chi connectivity index (χ1) is 6.48. The van der Waals surface area contributed by atoms with E-state index in [2.05, 4.69) is 6.92 Å². The average Bonchev–Trinajstić information content (AvgIpc) is 2.09. The van der Waals surface area contributed by atoms with Gasteiger partial charge in [0.15, 0.2) is 0 Å². The lowest BCUT2D eigenvalue weighted by Crippen LogP contribution is -2.31. The fraction of sp³-hybridized carbons (Fsp3) is 1.00. The van der Waals surface area contributed by atoms with Gasteiger partial charge in [-0.2, -0.15) is 0 Å². The van der Waals surface area contributed by atoms with Crippen molar-refractivity contribution in [2.24, 2.45) is 0 Å². The molecule has 0 aromatic heterocycles. The molecule has 15 heavy (non-hydrogen) atoms. The second-order valence-electron chi connectivity index (χ2n) is 4.68. The van der Waals surface area contributed by atoms with E-state index >= 15 is 0 Å². The molecule has 2 nitrogen and oxygen atoms in total. The van der Waals surface area contributed by atoms with Crippen LogP contribution in [0.2, 0.25) is 0 Å². The van der Waals surface area contributed by atoms with Crippen molar-refractivity contribution in [2.75, 3.05) is 0 Å². The Bertz CT molecular complexity index is 134. The van der Waals surface area contributed by atoms with Crippen LogP contribution in [-0.2, 0) is 0 Å². The normalized spacial score (nSPS) is 13.4. The van der Waals surface area contributed by atoms with Crippen LogP contribution >= 0.6 is 11.6 Å². The lowest BCUT2D eigenvalue weighted by atomic mass is 9.99. The third-order valence-electron chi connectivity index (χ3n) is 2.58. The van der Waals surface area contributed by atoms with Crippen molar-refractivity contribution >= 4 is 11.6 Å². The smallest absolute Gasteiger partial charge is 0.0754 e. The number of hydrogen-bond acceptors (Lipinski definition) is 2. The predicted molar refractivity (Wildman–Crippen MR) is 69.0 cm³/mol. The van der Waals surface area contributed by atoms with E-state index in [1.165, 1.54) is 32.1 Å². The maximum absolute atomic E-state index is 9.59. The fourth-order valence-electron chi connectivity index (χ4n) is 1.46. The molecule has 0 radical (unpaired) electrons. The van der Waals surface area contributed by atoms with Crippen molar-refractivity contribution in [3.05, 3.63) is 0 Å². The maximum Gasteiger partial charge on any atom is 0.0754 e. The Morgan fingerprint density at radius 3 is 2.00 bits per heavy atom. The van der Waals surface area contributed by atoms with Crippen molar-refractivity contribution in [3.63, 3.8) is 0 Å². The topological polar surface area (TPSA) is 55.2 Å². The highest BCUT2D eigenvalue weighted by Crippen LogP contribution is 2.21. The molecule has 0 aliphatic rings. The molecule has 0 rings (SSSR count). The van der Waals surface area contributed by atoms with Gasteiger partial charge in [-0.05, 0) is 20.3 Å². The zero-order chi connectivity index (χ0) is 11.0. The SMILES string of the molecule is CCCCCCCCC(Cl)C(C)(C)O.N. The quantitative estimate of drug-likeness (QED) is 0.489. The molecule has 0 aliphatic carbocycles. The van der Waals surface area contributed by atoms with E-state index in [-0.39, 0.29) is 11.5 Å². The predicted octanol–water partition coefficient (Wildman–Crippen LogP) is 4.28. The molecule has 0 fully saturated rings. The van der Waals surface area contributed by atoms with Crippen molar-refractivity contribution in [3.8, 4) is 0 Å². The molecule has 0 saturated heterocycles. The highest BCUT2D eigenvalue weighted by Gasteiger charge is 2.23. The molecular weight excluding hydrogens is 210 g/mol. The van der Waals surface area contributed by atoms with Crippen LogP contribution in [-0.4, -0.2) is 16.1 Å². The first-order valence-electron chi connectivity index (χ1n) is 5.85. The molecule has 94 valence electrons. The van der Waals surface area contributed by atoms with Crippen molar-refractivity contribution < 1.29 is 5.11 Å². The van der Waals surface area contributed by atoms with E-state index in [0.717, 1.165) is 12.8 Å². The molecule has 0 aromatic rings. The largest absolute Gasteiger partial charge is 0.389 e. The molecule has 0 heterocycles. The van der Waals surface area contributed by atoms with Gasteiger partial charge in [-0.3, -0.25) is 0 Å². The Morgan fingerprint density at radius 2 is 1.53 bits per heavy atom. The highest BCUT2D eigenvalue weighted by molar-refractivity contribution is 6.21. The molecule has 0 aromatic carbocycles. The Labute approximate surface area is 100.0 Å². The summed E-state index contributed by atoms with van der Waals surface area (Å²) >= 11 is 6.05. The summed E-state index contributed by atoms with van der Waals surface area (Å²) < 4.78 is 0. The van der Waals surface area contributed by atoms with E-state index in [4.69, 9.17) is 11.6 Å². The molecular formula is C12H28ClNO. The number of aliphatic hydroxyl groups is 1. The van der Waals surface area contributed by atoms with Crippen molar-refractivity contribution in [2.45, 2.75) is 76.7 Å². The van der Waals surface area contributed by atoms with E-state index in [1.807, 2.05) is 0 Å². The Kier molecular flexibility index (Phi) is 11.1. The van der Waals surface area contributed by atoms with Gasteiger partial charge in [0.2, 0.25) is 0 Å². The highest BCUT2D eigenvalue weighted by atomic mass is 35.5. The summed E-state index contributed by atoms with van der Waals surface area (Å²) in [5.41, 5.74) is -0.731. The molecule has 0 spiro atoms. The van der Waals surface area contributed by atoms with E-state index < -0.39 is 5.60 Å². The molecule has 0 bridgehead atoms. The summed E-state index contributed by atoms with van der Waals surface area (Å²) in [7, 11) is 0. The minimum Gasteiger partial charge on any atom is -0.389 e. The summed E-state index contributed by atoms with van der Waals surface area (Å²) in [5.74, 6) is 0. The summed E-state index contributed by atoms with van der Waals surface area (Å²) in [6, 6.07) is 0. The first kappa shape index (κ1) is 17.6. The lowest BCUT2D eigenvalue weighted by molar-refractivity contribution is 0.0722. The third-order valence-corrected chi connectivity index (χ3v) is 3.33. The van der Waals surface area contributed by atoms with Crippen molar-refractivity contribution in [1.82, 2.24) is 6.15 Å². The van der Waals surface area contributed by atoms with Gasteiger partial charge in [0.05, 0.1) is 11.0 Å². The number of rotatable bonds is 8. The van der Waals surface area contributed by atoms with Crippen LogP contribution in [0.5, 0.6) is 0 Å². The molecule has 1 atom stereocenters. The number of unbranched alkanes of at least 4 members (excludes halogenated alkanes) is 5. The number of halogens is 1. The van der Waals surface area contributed by atoms with Crippen LogP contribution in [0.1, 0.15) is 65.7 Å². The average molecular weight is 238 g/mol. The van der Waals surface area contributed by atoms with E-state index in [0.29, 0.717) is 0 Å². The van der Waals surface area contributed by atoms with Crippen LogP contribution in [0, 0.1) is 0 Å². The minimum atomic E-state index is -0.731. The van der Waals surface area contributed by atoms with E-state index in [1.54, 1.807) is 13.8 Å². The van der Waals surface area contributed by atoms with Crippen LogP contribution < -0.4 is 6.15 Å². The monoisotopic (exact) mass is 237 g/mol. The zero-order valence-corrected chi connectivity index (χ0v) is 11.3. The lowest BCUT2D eigenvalue weighted by Gasteiger charge is -2.23. The molecule has 3 heteroatoms. The van der Waals surface area contributed by atoms with Gasteiger partial charge in [0, 0.05) is 0 Å². The Morgan fingerprint density at radius 1 is 1.07 bits per heavy atom. The van der Waals surface area contributed by atoms with Gasteiger partial charge in [0.1, 0.15) is 0 Å². The first-order valence-corrected chi connectivity index (χ1v) is 6.28. The Hall–Kier alpha value is 0.210. The van der Waals surface area contributed by atoms with E-state index in [9.17, 15) is 5.11 Å².